The van der Waals surface area contributed by atoms with Gasteiger partial charge >= 0.3 is 0 Å². The van der Waals surface area contributed by atoms with E-state index in [4.69, 9.17) is 0 Å². The summed E-state index contributed by atoms with van der Waals surface area (Å²) in [6, 6.07) is 21.3. The molecule has 2 aromatic carbocycles. The van der Waals surface area contributed by atoms with Crippen LogP contribution in [0.1, 0.15) is 27.7 Å². The van der Waals surface area contributed by atoms with Gasteiger partial charge in [0.2, 0.25) is 0 Å². The van der Waals surface area contributed by atoms with Crippen LogP contribution < -0.4 is 0 Å². The third kappa shape index (κ3) is 3.75. The van der Waals surface area contributed by atoms with E-state index >= 15 is 0 Å². The van der Waals surface area contributed by atoms with Crippen LogP contribution in [0.2, 0.25) is 0 Å². The maximum absolute atomic E-state index is 12.6. The fourth-order valence-electron chi connectivity index (χ4n) is 3.68. The molecule has 6 nitrogen and oxygen atoms in total. The van der Waals surface area contributed by atoms with Gasteiger partial charge in [0.05, 0.1) is 12.2 Å². The average molecular weight is 361 g/mol. The Hall–Kier alpha value is -2.99. The molecule has 1 aliphatic rings. The van der Waals surface area contributed by atoms with Crippen molar-refractivity contribution >= 4 is 5.91 Å². The minimum Gasteiger partial charge on any atom is -0.335 e. The first-order chi connectivity index (χ1) is 13.2. The number of aromatic nitrogens is 3. The third-order valence-corrected chi connectivity index (χ3v) is 5.02. The van der Waals surface area contributed by atoms with E-state index in [0.717, 1.165) is 13.1 Å². The predicted molar refractivity (Wildman–Crippen MR) is 103 cm³/mol. The van der Waals surface area contributed by atoms with E-state index in [1.807, 2.05) is 17.0 Å². The molecule has 0 aliphatic carbocycles. The normalized spacial score (nSPS) is 15.3. The molecule has 1 fully saturated rings. The molecule has 1 aliphatic heterocycles. The van der Waals surface area contributed by atoms with Crippen LogP contribution in [0.4, 0.5) is 0 Å². The van der Waals surface area contributed by atoms with Crippen LogP contribution in [0.15, 0.2) is 66.9 Å². The lowest BCUT2D eigenvalue weighted by Gasteiger charge is -2.39. The molecular formula is C21H23N5O. The molecule has 1 amide bonds. The number of aryl methyl sites for hydroxylation is 1. The Kier molecular flexibility index (Phi) is 4.98. The molecule has 1 aromatic heterocycles. The summed E-state index contributed by atoms with van der Waals surface area (Å²) in [6.07, 6.45) is 1.67. The van der Waals surface area contributed by atoms with Gasteiger partial charge in [-0.15, -0.1) is 5.10 Å². The van der Waals surface area contributed by atoms with Crippen molar-refractivity contribution < 1.29 is 4.79 Å². The Morgan fingerprint density at radius 2 is 1.44 bits per heavy atom. The molecule has 2 heterocycles. The second-order valence-corrected chi connectivity index (χ2v) is 6.83. The number of carbonyl (C=O) groups is 1. The molecule has 0 unspecified atom stereocenters. The summed E-state index contributed by atoms with van der Waals surface area (Å²) in [6.45, 7) is 3.01. The van der Waals surface area contributed by atoms with E-state index in [-0.39, 0.29) is 11.9 Å². The summed E-state index contributed by atoms with van der Waals surface area (Å²) in [5.74, 6) is -0.0428. The zero-order chi connectivity index (χ0) is 18.6. The van der Waals surface area contributed by atoms with Crippen molar-refractivity contribution in [2.24, 2.45) is 7.05 Å². The van der Waals surface area contributed by atoms with Crippen molar-refractivity contribution in [3.05, 3.63) is 83.7 Å². The second-order valence-electron chi connectivity index (χ2n) is 6.83. The van der Waals surface area contributed by atoms with Crippen molar-refractivity contribution in [3.8, 4) is 0 Å². The molecule has 6 heteroatoms. The Labute approximate surface area is 159 Å². The highest BCUT2D eigenvalue weighted by Crippen LogP contribution is 2.29. The van der Waals surface area contributed by atoms with E-state index in [0.29, 0.717) is 18.8 Å². The zero-order valence-corrected chi connectivity index (χ0v) is 15.4. The Balaban J connectivity index is 1.51. The van der Waals surface area contributed by atoms with Crippen LogP contribution in [0.3, 0.4) is 0 Å². The number of amides is 1. The number of carbonyl (C=O) groups excluding carboxylic acids is 1. The van der Waals surface area contributed by atoms with Gasteiger partial charge in [-0.1, -0.05) is 65.9 Å². The number of nitrogens with zero attached hydrogens (tertiary/aromatic N) is 5. The van der Waals surface area contributed by atoms with Crippen molar-refractivity contribution in [2.45, 2.75) is 6.04 Å². The Morgan fingerprint density at radius 1 is 0.889 bits per heavy atom. The largest absolute Gasteiger partial charge is 0.335 e. The maximum atomic E-state index is 12.6. The van der Waals surface area contributed by atoms with Crippen LogP contribution in [0, 0.1) is 0 Å². The summed E-state index contributed by atoms with van der Waals surface area (Å²) in [4.78, 5) is 16.9. The fourth-order valence-corrected chi connectivity index (χ4v) is 3.68. The van der Waals surface area contributed by atoms with Gasteiger partial charge in [0.15, 0.2) is 5.69 Å². The molecule has 0 N–H and O–H groups in total. The second kappa shape index (κ2) is 7.72. The highest BCUT2D eigenvalue weighted by molar-refractivity contribution is 5.92. The lowest BCUT2D eigenvalue weighted by atomic mass is 9.96. The molecular weight excluding hydrogens is 338 g/mol. The van der Waals surface area contributed by atoms with Crippen molar-refractivity contribution in [1.82, 2.24) is 24.8 Å². The topological polar surface area (TPSA) is 54.3 Å². The molecule has 0 saturated carbocycles. The third-order valence-electron chi connectivity index (χ3n) is 5.02. The van der Waals surface area contributed by atoms with E-state index in [1.165, 1.54) is 11.1 Å². The highest BCUT2D eigenvalue weighted by atomic mass is 16.2. The number of hydrogen-bond donors (Lipinski definition) is 0. The minimum atomic E-state index is -0.0428. The first-order valence-corrected chi connectivity index (χ1v) is 9.22. The van der Waals surface area contributed by atoms with Crippen molar-refractivity contribution in [2.75, 3.05) is 26.2 Å². The molecule has 0 spiro atoms. The van der Waals surface area contributed by atoms with Crippen LogP contribution in [0.25, 0.3) is 0 Å². The van der Waals surface area contributed by atoms with E-state index < -0.39 is 0 Å². The predicted octanol–water partition coefficient (Wildman–Crippen LogP) is 2.36. The number of benzene rings is 2. The summed E-state index contributed by atoms with van der Waals surface area (Å²) < 4.78 is 1.56. The highest BCUT2D eigenvalue weighted by Gasteiger charge is 2.29. The van der Waals surface area contributed by atoms with E-state index in [9.17, 15) is 4.79 Å². The monoisotopic (exact) mass is 361 g/mol. The van der Waals surface area contributed by atoms with E-state index in [2.05, 4.69) is 63.7 Å². The SMILES string of the molecule is Cn1cc(C(=O)N2CCN(C(c3ccccc3)c3ccccc3)CC2)nn1. The lowest BCUT2D eigenvalue weighted by Crippen LogP contribution is -2.50. The van der Waals surface area contributed by atoms with Gasteiger partial charge in [0, 0.05) is 33.2 Å². The molecule has 138 valence electrons. The standard InChI is InChI=1S/C21H23N5O/c1-24-16-19(22-23-24)21(27)26-14-12-25(13-15-26)20(17-8-4-2-5-9-17)18-10-6-3-7-11-18/h2-11,16,20H,12-15H2,1H3. The zero-order valence-electron chi connectivity index (χ0n) is 15.4. The van der Waals surface area contributed by atoms with Gasteiger partial charge in [-0.05, 0) is 11.1 Å². The summed E-state index contributed by atoms with van der Waals surface area (Å²) in [5, 5.41) is 7.81. The van der Waals surface area contributed by atoms with Gasteiger partial charge < -0.3 is 4.90 Å². The smallest absolute Gasteiger partial charge is 0.276 e. The molecule has 0 atom stereocenters. The van der Waals surface area contributed by atoms with Gasteiger partial charge in [-0.2, -0.15) is 0 Å². The van der Waals surface area contributed by atoms with Crippen molar-refractivity contribution in [3.63, 3.8) is 0 Å². The van der Waals surface area contributed by atoms with Crippen LogP contribution in [-0.2, 0) is 7.05 Å². The minimum absolute atomic E-state index is 0.0428. The first-order valence-electron chi connectivity index (χ1n) is 9.22. The Bertz CT molecular complexity index is 846. The van der Waals surface area contributed by atoms with Gasteiger partial charge in [-0.3, -0.25) is 14.4 Å². The number of rotatable bonds is 4. The first kappa shape index (κ1) is 17.4. The summed E-state index contributed by atoms with van der Waals surface area (Å²) >= 11 is 0. The average Bonchev–Trinajstić information content (AvgIpc) is 3.16. The molecule has 3 aromatic rings. The summed E-state index contributed by atoms with van der Waals surface area (Å²) in [7, 11) is 1.77. The number of hydrogen-bond acceptors (Lipinski definition) is 4. The molecule has 27 heavy (non-hydrogen) atoms. The quantitative estimate of drug-likeness (QED) is 0.716. The fraction of sp³-hybridized carbons (Fsp3) is 0.286. The van der Waals surface area contributed by atoms with Gasteiger partial charge in [-0.25, -0.2) is 0 Å². The van der Waals surface area contributed by atoms with Crippen LogP contribution >= 0.6 is 0 Å². The molecule has 4 rings (SSSR count). The Morgan fingerprint density at radius 3 is 1.93 bits per heavy atom. The van der Waals surface area contributed by atoms with Crippen LogP contribution in [0.5, 0.6) is 0 Å². The van der Waals surface area contributed by atoms with Crippen molar-refractivity contribution in [1.29, 1.82) is 0 Å². The molecule has 0 bridgehead atoms. The maximum Gasteiger partial charge on any atom is 0.276 e. The van der Waals surface area contributed by atoms with Crippen LogP contribution in [-0.4, -0.2) is 56.9 Å². The lowest BCUT2D eigenvalue weighted by molar-refractivity contribution is 0.0591. The molecule has 0 radical (unpaired) electrons. The van der Waals surface area contributed by atoms with Gasteiger partial charge in [0.1, 0.15) is 0 Å². The molecule has 1 saturated heterocycles. The number of piperazine rings is 1. The summed E-state index contributed by atoms with van der Waals surface area (Å²) in [5.41, 5.74) is 2.96. The van der Waals surface area contributed by atoms with Gasteiger partial charge in [0.25, 0.3) is 5.91 Å². The van der Waals surface area contributed by atoms with E-state index in [1.54, 1.807) is 17.9 Å².